The lowest BCUT2D eigenvalue weighted by molar-refractivity contribution is 0.0526. The van der Waals surface area contributed by atoms with Gasteiger partial charge in [0.2, 0.25) is 0 Å². The normalized spacial score (nSPS) is 12.6. The predicted octanol–water partition coefficient (Wildman–Crippen LogP) is 6.03. The molecular formula is C34H34N6O3. The van der Waals surface area contributed by atoms with Crippen LogP contribution in [0.3, 0.4) is 0 Å². The number of rotatable bonds is 7. The van der Waals surface area contributed by atoms with Crippen LogP contribution >= 0.6 is 0 Å². The van der Waals surface area contributed by atoms with E-state index in [0.717, 1.165) is 63.9 Å². The molecule has 6 rings (SSSR count). The van der Waals surface area contributed by atoms with E-state index < -0.39 is 11.7 Å². The van der Waals surface area contributed by atoms with Crippen LogP contribution in [0.1, 0.15) is 43.2 Å². The van der Waals surface area contributed by atoms with Crippen molar-refractivity contribution in [2.75, 3.05) is 13.1 Å². The number of aryl methyl sites for hydroxylation is 1. The van der Waals surface area contributed by atoms with Gasteiger partial charge in [0, 0.05) is 54.2 Å². The third-order valence-electron chi connectivity index (χ3n) is 7.32. The first-order chi connectivity index (χ1) is 20.8. The first-order valence-electron chi connectivity index (χ1n) is 14.5. The third kappa shape index (κ3) is 6.11. The summed E-state index contributed by atoms with van der Waals surface area (Å²) in [4.78, 5) is 33.7. The molecule has 43 heavy (non-hydrogen) atoms. The van der Waals surface area contributed by atoms with Crippen LogP contribution in [0.4, 0.5) is 4.79 Å². The summed E-state index contributed by atoms with van der Waals surface area (Å²) in [6.45, 7) is 6.89. The number of alkyl carbamates (subject to hydrolysis) is 1. The van der Waals surface area contributed by atoms with Gasteiger partial charge in [-0.25, -0.2) is 4.79 Å². The molecule has 0 saturated heterocycles. The number of amides is 2. The molecule has 0 saturated carbocycles. The van der Waals surface area contributed by atoms with E-state index in [4.69, 9.17) is 14.8 Å². The number of pyridine rings is 2. The third-order valence-corrected chi connectivity index (χ3v) is 7.32. The van der Waals surface area contributed by atoms with Crippen molar-refractivity contribution in [1.29, 1.82) is 0 Å². The zero-order valence-corrected chi connectivity index (χ0v) is 24.6. The van der Waals surface area contributed by atoms with Crippen molar-refractivity contribution in [3.63, 3.8) is 0 Å². The van der Waals surface area contributed by atoms with Crippen LogP contribution < -0.4 is 10.6 Å². The predicted molar refractivity (Wildman–Crippen MR) is 167 cm³/mol. The highest BCUT2D eigenvalue weighted by atomic mass is 16.6. The summed E-state index contributed by atoms with van der Waals surface area (Å²) < 4.78 is 7.32. The van der Waals surface area contributed by atoms with E-state index in [2.05, 4.69) is 44.6 Å². The molecule has 9 nitrogen and oxygen atoms in total. The molecule has 2 aromatic carbocycles. The van der Waals surface area contributed by atoms with Crippen LogP contribution in [-0.2, 0) is 17.7 Å². The molecule has 0 radical (unpaired) electrons. The SMILES string of the molecule is CC(C)(C)OC(=O)NCCNC(=O)c1ccc(-c2ccc3c(-c4c(-c5ccccn5)nn5c4CCC5)ccnc3c2)cc1. The molecule has 0 bridgehead atoms. The first-order valence-corrected chi connectivity index (χ1v) is 14.5. The number of aromatic nitrogens is 4. The van der Waals surface area contributed by atoms with Gasteiger partial charge in [0.25, 0.3) is 5.91 Å². The summed E-state index contributed by atoms with van der Waals surface area (Å²) in [6, 6.07) is 21.8. The Kier molecular flexibility index (Phi) is 7.63. The fourth-order valence-corrected chi connectivity index (χ4v) is 5.41. The van der Waals surface area contributed by atoms with Gasteiger partial charge in [-0.05, 0) is 86.7 Å². The van der Waals surface area contributed by atoms with E-state index in [-0.39, 0.29) is 12.5 Å². The van der Waals surface area contributed by atoms with E-state index >= 15 is 0 Å². The fourth-order valence-electron chi connectivity index (χ4n) is 5.41. The number of carbonyl (C=O) groups excluding carboxylic acids is 2. The summed E-state index contributed by atoms with van der Waals surface area (Å²) in [7, 11) is 0. The summed E-state index contributed by atoms with van der Waals surface area (Å²) in [5, 5.41) is 11.5. The van der Waals surface area contributed by atoms with Crippen molar-refractivity contribution in [3.05, 3.63) is 90.4 Å². The Balaban J connectivity index is 1.19. The van der Waals surface area contributed by atoms with Gasteiger partial charge in [-0.2, -0.15) is 5.10 Å². The molecule has 5 aromatic rings. The van der Waals surface area contributed by atoms with Crippen LogP contribution in [-0.4, -0.2) is 50.4 Å². The second-order valence-electron chi connectivity index (χ2n) is 11.6. The van der Waals surface area contributed by atoms with Crippen molar-refractivity contribution < 1.29 is 14.3 Å². The highest BCUT2D eigenvalue weighted by Gasteiger charge is 2.25. The highest BCUT2D eigenvalue weighted by Crippen LogP contribution is 2.40. The Morgan fingerprint density at radius 1 is 0.907 bits per heavy atom. The molecule has 9 heteroatoms. The zero-order valence-electron chi connectivity index (χ0n) is 24.6. The van der Waals surface area contributed by atoms with E-state index in [0.29, 0.717) is 12.1 Å². The van der Waals surface area contributed by atoms with Gasteiger partial charge in [-0.15, -0.1) is 0 Å². The minimum atomic E-state index is -0.567. The molecule has 1 aliphatic rings. The van der Waals surface area contributed by atoms with Crippen molar-refractivity contribution in [2.24, 2.45) is 0 Å². The summed E-state index contributed by atoms with van der Waals surface area (Å²) >= 11 is 0. The molecular weight excluding hydrogens is 540 g/mol. The molecule has 0 atom stereocenters. The highest BCUT2D eigenvalue weighted by molar-refractivity contribution is 6.00. The van der Waals surface area contributed by atoms with Crippen molar-refractivity contribution in [3.8, 4) is 33.6 Å². The number of carbonyl (C=O) groups is 2. The maximum absolute atomic E-state index is 12.6. The quantitative estimate of drug-likeness (QED) is 0.230. The van der Waals surface area contributed by atoms with Crippen LogP contribution in [0.5, 0.6) is 0 Å². The average Bonchev–Trinajstić information content (AvgIpc) is 3.60. The van der Waals surface area contributed by atoms with Gasteiger partial charge in [-0.1, -0.05) is 30.3 Å². The summed E-state index contributed by atoms with van der Waals surface area (Å²) in [5.41, 5.74) is 8.11. The Morgan fingerprint density at radius 2 is 1.70 bits per heavy atom. The Bertz CT molecular complexity index is 1790. The largest absolute Gasteiger partial charge is 0.444 e. The van der Waals surface area contributed by atoms with Gasteiger partial charge in [0.15, 0.2) is 0 Å². The van der Waals surface area contributed by atoms with E-state index in [9.17, 15) is 9.59 Å². The van der Waals surface area contributed by atoms with Crippen LogP contribution in [0.25, 0.3) is 44.5 Å². The number of benzene rings is 2. The molecule has 2 N–H and O–H groups in total. The van der Waals surface area contributed by atoms with Crippen LogP contribution in [0.2, 0.25) is 0 Å². The minimum Gasteiger partial charge on any atom is -0.444 e. The molecule has 2 amide bonds. The molecule has 0 aliphatic carbocycles. The molecule has 1 aliphatic heterocycles. The molecule has 0 spiro atoms. The monoisotopic (exact) mass is 574 g/mol. The van der Waals surface area contributed by atoms with Crippen molar-refractivity contribution in [1.82, 2.24) is 30.4 Å². The van der Waals surface area contributed by atoms with E-state index in [1.54, 1.807) is 39.1 Å². The van der Waals surface area contributed by atoms with Gasteiger partial charge in [0.05, 0.1) is 11.2 Å². The number of fused-ring (bicyclic) bond motifs is 2. The summed E-state index contributed by atoms with van der Waals surface area (Å²) in [5.74, 6) is -0.209. The number of ether oxygens (including phenoxy) is 1. The maximum atomic E-state index is 12.6. The number of hydrogen-bond acceptors (Lipinski definition) is 6. The number of nitrogens with zero attached hydrogens (tertiary/aromatic N) is 4. The molecule has 4 heterocycles. The molecule has 3 aromatic heterocycles. The second kappa shape index (κ2) is 11.7. The maximum Gasteiger partial charge on any atom is 0.407 e. The van der Waals surface area contributed by atoms with Crippen LogP contribution in [0.15, 0.2) is 79.1 Å². The minimum absolute atomic E-state index is 0.209. The van der Waals surface area contributed by atoms with Gasteiger partial charge in [0.1, 0.15) is 11.3 Å². The lowest BCUT2D eigenvalue weighted by Gasteiger charge is -2.19. The van der Waals surface area contributed by atoms with Crippen molar-refractivity contribution >= 4 is 22.9 Å². The Hall–Kier alpha value is -5.05. The number of hydrogen-bond donors (Lipinski definition) is 2. The Labute approximate surface area is 250 Å². The first kappa shape index (κ1) is 28.1. The number of nitrogens with one attached hydrogen (secondary N) is 2. The topological polar surface area (TPSA) is 111 Å². The second-order valence-corrected chi connectivity index (χ2v) is 11.6. The smallest absolute Gasteiger partial charge is 0.407 e. The average molecular weight is 575 g/mol. The fraction of sp³-hybridized carbons (Fsp3) is 0.265. The van der Waals surface area contributed by atoms with Crippen LogP contribution in [0, 0.1) is 0 Å². The zero-order chi connectivity index (χ0) is 30.0. The van der Waals surface area contributed by atoms with E-state index in [1.807, 2.05) is 36.5 Å². The molecule has 0 fully saturated rings. The van der Waals surface area contributed by atoms with Gasteiger partial charge in [-0.3, -0.25) is 19.4 Å². The summed E-state index contributed by atoms with van der Waals surface area (Å²) in [6.07, 6.45) is 5.22. The Morgan fingerprint density at radius 3 is 2.47 bits per heavy atom. The lowest BCUT2D eigenvalue weighted by Crippen LogP contribution is -2.37. The van der Waals surface area contributed by atoms with E-state index in [1.165, 1.54) is 5.69 Å². The lowest BCUT2D eigenvalue weighted by atomic mass is 9.95. The molecule has 218 valence electrons. The standard InChI is InChI=1S/C34H34N6O3/c1-34(2,3)43-33(42)38-19-18-37-32(41)23-11-9-22(10-12-23)24-13-14-25-26(15-17-36-28(25)21-24)30-29-8-6-20-40(29)39-31(30)27-7-4-5-16-35-27/h4-5,7,9-17,21H,6,8,18-20H2,1-3H3,(H,37,41)(H,38,42). The van der Waals surface area contributed by atoms with Gasteiger partial charge >= 0.3 is 6.09 Å². The molecule has 0 unspecified atom stereocenters. The van der Waals surface area contributed by atoms with Gasteiger partial charge < -0.3 is 15.4 Å². The van der Waals surface area contributed by atoms with Crippen molar-refractivity contribution in [2.45, 2.75) is 45.8 Å².